The predicted octanol–water partition coefficient (Wildman–Crippen LogP) is 1.98. The van der Waals surface area contributed by atoms with Crippen molar-refractivity contribution in [1.29, 1.82) is 0 Å². The Morgan fingerprint density at radius 3 is 3.00 bits per heavy atom. The zero-order chi connectivity index (χ0) is 10.2. The summed E-state index contributed by atoms with van der Waals surface area (Å²) in [6, 6.07) is 0. The number of isocyanates is 1. The van der Waals surface area contributed by atoms with Gasteiger partial charge in [0.05, 0.1) is 6.54 Å². The van der Waals surface area contributed by atoms with E-state index in [1.807, 2.05) is 0 Å². The van der Waals surface area contributed by atoms with Crippen molar-refractivity contribution < 1.29 is 9.63 Å². The van der Waals surface area contributed by atoms with Crippen LogP contribution in [-0.4, -0.2) is 19.2 Å². The number of nitrogens with zero attached hydrogens (tertiary/aromatic N) is 2. The quantitative estimate of drug-likeness (QED) is 0.297. The molecule has 0 saturated heterocycles. The summed E-state index contributed by atoms with van der Waals surface area (Å²) >= 11 is 0. The van der Waals surface area contributed by atoms with Crippen LogP contribution in [0.1, 0.15) is 25.7 Å². The Balaban J connectivity index is 2.28. The van der Waals surface area contributed by atoms with E-state index in [0.717, 1.165) is 25.7 Å². The summed E-state index contributed by atoms with van der Waals surface area (Å²) in [6.07, 6.45) is 5.97. The Bertz CT molecular complexity index is 253. The van der Waals surface area contributed by atoms with E-state index in [2.05, 4.69) is 10.0 Å². The van der Waals surface area contributed by atoms with Crippen molar-refractivity contribution in [3.05, 3.63) is 11.6 Å². The van der Waals surface area contributed by atoms with Crippen LogP contribution in [0.3, 0.4) is 0 Å². The number of hydrogen-bond acceptors (Lipinski definition) is 3. The second kappa shape index (κ2) is 6.17. The van der Waals surface area contributed by atoms with Gasteiger partial charge in [-0.1, -0.05) is 6.42 Å². The average Bonchev–Trinajstić information content (AvgIpc) is 2.24. The molecule has 14 heavy (non-hydrogen) atoms. The molecule has 0 amide bonds. The fraction of sp³-hybridized carbons (Fsp3) is 0.800. The maximum absolute atomic E-state index is 9.94. The van der Waals surface area contributed by atoms with E-state index in [-0.39, 0.29) is 0 Å². The lowest BCUT2D eigenvalue weighted by Gasteiger charge is -2.25. The minimum atomic E-state index is 0.463. The largest absolute Gasteiger partial charge is 0.234 e. The highest BCUT2D eigenvalue weighted by Crippen LogP contribution is 2.29. The minimum absolute atomic E-state index is 0.463. The highest BCUT2D eigenvalue weighted by atomic mass is 16.6. The van der Waals surface area contributed by atoms with Crippen LogP contribution in [0.4, 0.5) is 0 Å². The minimum Gasteiger partial charge on any atom is -0.211 e. The number of carbonyl (C=O) groups excluding carboxylic acids is 1. The van der Waals surface area contributed by atoms with Crippen LogP contribution in [0.15, 0.2) is 4.99 Å². The van der Waals surface area contributed by atoms with E-state index < -0.39 is 0 Å². The second-order valence-electron chi connectivity index (χ2n) is 3.72. The third kappa shape index (κ3) is 3.59. The van der Waals surface area contributed by atoms with Crippen molar-refractivity contribution in [2.24, 2.45) is 16.8 Å². The van der Waals surface area contributed by atoms with Crippen molar-refractivity contribution >= 4 is 6.08 Å². The number of aliphatic imine (C=N–C) groups is 1. The van der Waals surface area contributed by atoms with Crippen LogP contribution in [-0.2, 0) is 9.63 Å². The molecule has 4 nitrogen and oxygen atoms in total. The molecule has 4 heteroatoms. The third-order valence-electron chi connectivity index (χ3n) is 2.68. The fourth-order valence-corrected chi connectivity index (χ4v) is 2.03. The molecular weight excluding hydrogens is 180 g/mol. The van der Waals surface area contributed by atoms with Crippen LogP contribution < -0.4 is 0 Å². The molecule has 0 aromatic carbocycles. The zero-order valence-corrected chi connectivity index (χ0v) is 8.11. The molecule has 0 aromatic rings. The monoisotopic (exact) mass is 194 g/mol. The molecule has 1 saturated carbocycles. The van der Waals surface area contributed by atoms with Gasteiger partial charge in [-0.25, -0.2) is 9.79 Å². The van der Waals surface area contributed by atoms with Gasteiger partial charge < -0.3 is 0 Å². The van der Waals surface area contributed by atoms with Gasteiger partial charge in [-0.15, -0.1) is 0 Å². The molecular formula is C10H14N2O2. The molecule has 2 atom stereocenters. The topological polar surface area (TPSA) is 43.0 Å². The van der Waals surface area contributed by atoms with Gasteiger partial charge >= 0.3 is 0 Å². The fourth-order valence-electron chi connectivity index (χ4n) is 2.03. The highest BCUT2D eigenvalue weighted by molar-refractivity contribution is 5.32. The summed E-state index contributed by atoms with van der Waals surface area (Å²) in [5.74, 6) is 0.939. The predicted molar refractivity (Wildman–Crippen MR) is 51.0 cm³/mol. The molecule has 0 bridgehead atoms. The van der Waals surface area contributed by atoms with E-state index in [1.165, 1.54) is 0 Å². The Labute approximate surface area is 83.7 Å². The molecule has 0 heterocycles. The Hall–Kier alpha value is -1.33. The molecule has 1 fully saturated rings. The highest BCUT2D eigenvalue weighted by Gasteiger charge is 2.23. The van der Waals surface area contributed by atoms with Crippen molar-refractivity contribution in [2.45, 2.75) is 25.7 Å². The summed E-state index contributed by atoms with van der Waals surface area (Å²) < 4.78 is 0. The first-order valence-electron chi connectivity index (χ1n) is 4.89. The first kappa shape index (κ1) is 10.7. The molecule has 0 radical (unpaired) electrons. The summed E-state index contributed by atoms with van der Waals surface area (Å²) in [7, 11) is 0. The molecule has 1 aliphatic rings. The molecule has 0 aromatic heterocycles. The average molecular weight is 194 g/mol. The van der Waals surface area contributed by atoms with Crippen LogP contribution in [0.2, 0.25) is 0 Å². The van der Waals surface area contributed by atoms with E-state index in [0.29, 0.717) is 25.0 Å². The van der Waals surface area contributed by atoms with Crippen molar-refractivity contribution in [2.75, 3.05) is 13.2 Å². The standard InChI is InChI=1S/C10H14N2O2/c1-11-14-7-10-4-2-3-9(5-10)6-12-8-13/h9-10H,2-7H2. The van der Waals surface area contributed by atoms with Gasteiger partial charge in [0.25, 0.3) is 0 Å². The van der Waals surface area contributed by atoms with Gasteiger partial charge in [-0.3, -0.25) is 0 Å². The van der Waals surface area contributed by atoms with Gasteiger partial charge in [0.2, 0.25) is 6.08 Å². The lowest BCUT2D eigenvalue weighted by atomic mass is 9.82. The van der Waals surface area contributed by atoms with E-state index in [4.69, 9.17) is 11.4 Å². The normalized spacial score (nSPS) is 25.9. The Kier molecular flexibility index (Phi) is 4.74. The molecule has 0 spiro atoms. The number of rotatable bonds is 4. The zero-order valence-electron chi connectivity index (χ0n) is 8.11. The van der Waals surface area contributed by atoms with Crippen LogP contribution in [0.5, 0.6) is 0 Å². The lowest BCUT2D eigenvalue weighted by Crippen LogP contribution is -2.20. The second-order valence-corrected chi connectivity index (χ2v) is 3.72. The smallest absolute Gasteiger partial charge is 0.211 e. The Morgan fingerprint density at radius 2 is 2.29 bits per heavy atom. The molecule has 0 N–H and O–H groups in total. The van der Waals surface area contributed by atoms with Crippen LogP contribution in [0, 0.1) is 18.4 Å². The first-order chi connectivity index (χ1) is 6.86. The van der Waals surface area contributed by atoms with Gasteiger partial charge in [0.15, 0.2) is 6.61 Å². The SMILES string of the molecule is [C-]#[N+]OCC1CCCC(CN=C=O)C1. The van der Waals surface area contributed by atoms with Crippen LogP contribution in [0.25, 0.3) is 5.01 Å². The summed E-state index contributed by atoms with van der Waals surface area (Å²) in [6.45, 7) is 7.62. The van der Waals surface area contributed by atoms with Gasteiger partial charge in [0, 0.05) is 5.92 Å². The molecule has 1 aliphatic carbocycles. The van der Waals surface area contributed by atoms with Gasteiger partial charge in [0.1, 0.15) is 0 Å². The lowest BCUT2D eigenvalue weighted by molar-refractivity contribution is 0.141. The van der Waals surface area contributed by atoms with E-state index in [9.17, 15) is 4.79 Å². The molecule has 2 unspecified atom stereocenters. The van der Waals surface area contributed by atoms with E-state index >= 15 is 0 Å². The molecule has 1 rings (SSSR count). The summed E-state index contributed by atoms with van der Waals surface area (Å²) in [5, 5.41) is 2.88. The maximum atomic E-state index is 9.94. The van der Waals surface area contributed by atoms with Crippen LogP contribution >= 0.6 is 0 Å². The number of hydrogen-bond donors (Lipinski definition) is 0. The maximum Gasteiger partial charge on any atom is 0.234 e. The third-order valence-corrected chi connectivity index (χ3v) is 2.68. The van der Waals surface area contributed by atoms with Crippen molar-refractivity contribution in [1.82, 2.24) is 0 Å². The Morgan fingerprint density at radius 1 is 1.50 bits per heavy atom. The first-order valence-corrected chi connectivity index (χ1v) is 4.89. The molecule has 0 aliphatic heterocycles. The van der Waals surface area contributed by atoms with Gasteiger partial charge in [-0.2, -0.15) is 11.4 Å². The van der Waals surface area contributed by atoms with E-state index in [1.54, 1.807) is 6.08 Å². The summed E-state index contributed by atoms with van der Waals surface area (Å²) in [5.41, 5.74) is 0. The summed E-state index contributed by atoms with van der Waals surface area (Å²) in [4.78, 5) is 18.3. The van der Waals surface area contributed by atoms with Gasteiger partial charge in [-0.05, 0) is 30.2 Å². The van der Waals surface area contributed by atoms with Crippen molar-refractivity contribution in [3.63, 3.8) is 0 Å². The molecule has 76 valence electrons. The van der Waals surface area contributed by atoms with Crippen molar-refractivity contribution in [3.8, 4) is 0 Å².